The number of phenols is 1. The van der Waals surface area contributed by atoms with Crippen molar-refractivity contribution in [2.75, 3.05) is 39.9 Å². The van der Waals surface area contributed by atoms with Crippen LogP contribution in [0.25, 0.3) is 5.76 Å². The Hall–Kier alpha value is -3.52. The summed E-state index contributed by atoms with van der Waals surface area (Å²) >= 11 is 0. The number of hydrogen-bond donors (Lipinski definition) is 2. The lowest BCUT2D eigenvalue weighted by Crippen LogP contribution is -2.38. The Morgan fingerprint density at radius 3 is 2.40 bits per heavy atom. The van der Waals surface area contributed by atoms with Crippen molar-refractivity contribution in [3.8, 4) is 17.2 Å². The topological polar surface area (TPSA) is 99.5 Å². The Morgan fingerprint density at radius 2 is 1.80 bits per heavy atom. The van der Waals surface area contributed by atoms with E-state index >= 15 is 0 Å². The molecule has 0 spiro atoms. The minimum atomic E-state index is -0.827. The molecule has 188 valence electrons. The number of likely N-dealkylation sites (N-methyl/N-ethyl adjacent to an activating group) is 1. The van der Waals surface area contributed by atoms with Gasteiger partial charge >= 0.3 is 0 Å². The van der Waals surface area contributed by atoms with Gasteiger partial charge in [-0.1, -0.05) is 19.9 Å². The molecule has 1 heterocycles. The van der Waals surface area contributed by atoms with Gasteiger partial charge in [0, 0.05) is 18.7 Å². The molecule has 8 heteroatoms. The number of rotatable bonds is 10. The second-order valence-electron chi connectivity index (χ2n) is 8.36. The van der Waals surface area contributed by atoms with E-state index in [1.807, 2.05) is 13.8 Å². The van der Waals surface area contributed by atoms with Crippen LogP contribution < -0.4 is 9.47 Å². The van der Waals surface area contributed by atoms with Gasteiger partial charge < -0.3 is 29.5 Å². The van der Waals surface area contributed by atoms with Crippen molar-refractivity contribution in [3.63, 3.8) is 0 Å². The summed E-state index contributed by atoms with van der Waals surface area (Å²) in [6.45, 7) is 10.5. The molecule has 3 rings (SSSR count). The number of ketones is 1. The summed E-state index contributed by atoms with van der Waals surface area (Å²) in [6, 6.07) is 9.04. The minimum absolute atomic E-state index is 0.0101. The monoisotopic (exact) mass is 482 g/mol. The van der Waals surface area contributed by atoms with E-state index in [9.17, 15) is 19.8 Å². The van der Waals surface area contributed by atoms with Crippen LogP contribution in [0.2, 0.25) is 0 Å². The van der Waals surface area contributed by atoms with E-state index in [-0.39, 0.29) is 22.8 Å². The molecule has 0 aromatic heterocycles. The fourth-order valence-electron chi connectivity index (χ4n) is 4.39. The number of likely N-dealkylation sites (tertiary alicyclic amines) is 1. The molecule has 0 saturated carbocycles. The number of aryl methyl sites for hydroxylation is 1. The molecule has 1 fully saturated rings. The van der Waals surface area contributed by atoms with Gasteiger partial charge in [-0.3, -0.25) is 9.59 Å². The fourth-order valence-corrected chi connectivity index (χ4v) is 4.39. The number of ether oxygens (including phenoxy) is 2. The molecular weight excluding hydrogens is 448 g/mol. The van der Waals surface area contributed by atoms with Crippen LogP contribution in [-0.2, 0) is 9.59 Å². The van der Waals surface area contributed by atoms with E-state index in [0.717, 1.165) is 13.1 Å². The van der Waals surface area contributed by atoms with Crippen LogP contribution in [-0.4, -0.2) is 71.6 Å². The molecule has 1 amide bonds. The van der Waals surface area contributed by atoms with Crippen molar-refractivity contribution in [3.05, 3.63) is 58.7 Å². The summed E-state index contributed by atoms with van der Waals surface area (Å²) in [6.07, 6.45) is 0. The summed E-state index contributed by atoms with van der Waals surface area (Å²) in [7, 11) is 1.55. The summed E-state index contributed by atoms with van der Waals surface area (Å²) < 4.78 is 10.8. The third-order valence-corrected chi connectivity index (χ3v) is 6.38. The molecule has 1 atom stereocenters. The molecule has 1 aliphatic heterocycles. The molecule has 0 aliphatic carbocycles. The summed E-state index contributed by atoms with van der Waals surface area (Å²) in [5, 5.41) is 21.6. The van der Waals surface area contributed by atoms with Gasteiger partial charge in [-0.25, -0.2) is 0 Å². The van der Waals surface area contributed by atoms with Crippen LogP contribution >= 0.6 is 0 Å². The SMILES string of the molecule is CCOc1cc([C@H]2C(=C(O)c3ccc(OC)cc3C)C(=O)C(=O)N2CCN(CC)CC)ccc1O. The zero-order valence-corrected chi connectivity index (χ0v) is 21.0. The number of carbonyl (C=O) groups is 2. The normalized spacial score (nSPS) is 17.3. The Morgan fingerprint density at radius 1 is 1.09 bits per heavy atom. The van der Waals surface area contributed by atoms with Crippen molar-refractivity contribution in [2.45, 2.75) is 33.7 Å². The van der Waals surface area contributed by atoms with E-state index in [4.69, 9.17) is 9.47 Å². The third-order valence-electron chi connectivity index (χ3n) is 6.38. The number of phenolic OH excluding ortho intramolecular Hbond substituents is 1. The van der Waals surface area contributed by atoms with E-state index in [1.165, 1.54) is 11.0 Å². The van der Waals surface area contributed by atoms with Gasteiger partial charge in [0.15, 0.2) is 11.5 Å². The zero-order valence-electron chi connectivity index (χ0n) is 21.0. The number of benzene rings is 2. The maximum absolute atomic E-state index is 13.3. The van der Waals surface area contributed by atoms with E-state index in [2.05, 4.69) is 4.90 Å². The van der Waals surface area contributed by atoms with Gasteiger partial charge in [-0.2, -0.15) is 0 Å². The van der Waals surface area contributed by atoms with Crippen molar-refractivity contribution < 1.29 is 29.3 Å². The molecule has 2 N–H and O–H groups in total. The van der Waals surface area contributed by atoms with Gasteiger partial charge in [0.25, 0.3) is 11.7 Å². The largest absolute Gasteiger partial charge is 0.507 e. The lowest BCUT2D eigenvalue weighted by molar-refractivity contribution is -0.140. The average Bonchev–Trinajstić information content (AvgIpc) is 3.10. The zero-order chi connectivity index (χ0) is 25.7. The number of hydrogen-bond acceptors (Lipinski definition) is 7. The summed E-state index contributed by atoms with van der Waals surface area (Å²) in [5.41, 5.74) is 1.73. The second kappa shape index (κ2) is 11.3. The smallest absolute Gasteiger partial charge is 0.295 e. The van der Waals surface area contributed by atoms with Gasteiger partial charge in [-0.05, 0) is 68.4 Å². The first-order chi connectivity index (χ1) is 16.8. The van der Waals surface area contributed by atoms with Crippen molar-refractivity contribution in [1.82, 2.24) is 9.80 Å². The van der Waals surface area contributed by atoms with Crippen LogP contribution in [0.3, 0.4) is 0 Å². The maximum atomic E-state index is 13.3. The molecule has 1 saturated heterocycles. The van der Waals surface area contributed by atoms with Crippen LogP contribution in [0.5, 0.6) is 17.2 Å². The second-order valence-corrected chi connectivity index (χ2v) is 8.36. The van der Waals surface area contributed by atoms with Crippen LogP contribution in [0, 0.1) is 6.92 Å². The molecule has 0 bridgehead atoms. The number of carbonyl (C=O) groups excluding carboxylic acids is 2. The predicted molar refractivity (Wildman–Crippen MR) is 134 cm³/mol. The highest BCUT2D eigenvalue weighted by atomic mass is 16.5. The molecule has 1 aliphatic rings. The Balaban J connectivity index is 2.17. The average molecular weight is 483 g/mol. The molecule has 0 unspecified atom stereocenters. The van der Waals surface area contributed by atoms with E-state index in [0.29, 0.717) is 42.1 Å². The molecule has 0 radical (unpaired) electrons. The van der Waals surface area contributed by atoms with Crippen LogP contribution in [0.1, 0.15) is 43.5 Å². The van der Waals surface area contributed by atoms with Crippen molar-refractivity contribution in [1.29, 1.82) is 0 Å². The molecule has 8 nitrogen and oxygen atoms in total. The maximum Gasteiger partial charge on any atom is 0.295 e. The molecule has 35 heavy (non-hydrogen) atoms. The molecule has 2 aromatic carbocycles. The first-order valence-corrected chi connectivity index (χ1v) is 11.9. The van der Waals surface area contributed by atoms with E-state index in [1.54, 1.807) is 51.3 Å². The molecule has 2 aromatic rings. The minimum Gasteiger partial charge on any atom is -0.507 e. The first-order valence-electron chi connectivity index (χ1n) is 11.9. The number of methoxy groups -OCH3 is 1. The third kappa shape index (κ3) is 5.27. The van der Waals surface area contributed by atoms with Crippen molar-refractivity contribution >= 4 is 17.4 Å². The number of aliphatic hydroxyl groups excluding tert-OH is 1. The Labute approximate surface area is 206 Å². The number of aliphatic hydroxyl groups is 1. The lowest BCUT2D eigenvalue weighted by Gasteiger charge is -2.28. The fraction of sp³-hybridized carbons (Fsp3) is 0.407. The first kappa shape index (κ1) is 26.1. The Bertz CT molecular complexity index is 1120. The van der Waals surface area contributed by atoms with Gasteiger partial charge in [-0.15, -0.1) is 0 Å². The van der Waals surface area contributed by atoms with Gasteiger partial charge in [0.05, 0.1) is 25.3 Å². The van der Waals surface area contributed by atoms with Gasteiger partial charge in [0.2, 0.25) is 0 Å². The number of amides is 1. The van der Waals surface area contributed by atoms with Crippen molar-refractivity contribution in [2.24, 2.45) is 0 Å². The van der Waals surface area contributed by atoms with Crippen LogP contribution in [0.4, 0.5) is 0 Å². The summed E-state index contributed by atoms with van der Waals surface area (Å²) in [5.74, 6) is -0.823. The predicted octanol–water partition coefficient (Wildman–Crippen LogP) is 3.87. The number of Topliss-reactive ketones (excluding diaryl/α,β-unsaturated/α-hetero) is 1. The highest BCUT2D eigenvalue weighted by Crippen LogP contribution is 2.42. The lowest BCUT2D eigenvalue weighted by atomic mass is 9.93. The number of nitrogens with zero attached hydrogens (tertiary/aromatic N) is 2. The van der Waals surface area contributed by atoms with Gasteiger partial charge in [0.1, 0.15) is 11.5 Å². The quantitative estimate of drug-likeness (QED) is 0.301. The van der Waals surface area contributed by atoms with E-state index < -0.39 is 17.7 Å². The number of aromatic hydroxyl groups is 1. The summed E-state index contributed by atoms with van der Waals surface area (Å²) in [4.78, 5) is 30.1. The highest BCUT2D eigenvalue weighted by molar-refractivity contribution is 6.46. The standard InChI is InChI=1S/C27H34N2O6/c1-6-28(7-2)13-14-29-24(18-9-12-21(30)22(16-18)35-8-3)23(26(32)27(29)33)25(31)20-11-10-19(34-5)15-17(20)4/h9-12,15-16,24,30-31H,6-8,13-14H2,1-5H3/t24-/m0/s1. The Kier molecular flexibility index (Phi) is 8.40. The van der Waals surface area contributed by atoms with Crippen LogP contribution in [0.15, 0.2) is 42.0 Å². The molecular formula is C27H34N2O6. The highest BCUT2D eigenvalue weighted by Gasteiger charge is 2.46.